The fraction of sp³-hybridized carbons (Fsp3) is 0.636. The predicted molar refractivity (Wildman–Crippen MR) is 126 cm³/mol. The summed E-state index contributed by atoms with van der Waals surface area (Å²) in [5.41, 5.74) is 3.43. The Morgan fingerprint density at radius 3 is 2.21 bits per heavy atom. The molecule has 4 bridgehead atoms. The summed E-state index contributed by atoms with van der Waals surface area (Å²) in [7, 11) is -4.18. The molecule has 0 heterocycles. The van der Waals surface area contributed by atoms with E-state index >= 15 is 0 Å². The van der Waals surface area contributed by atoms with Crippen LogP contribution in [0, 0.1) is 17.3 Å². The summed E-state index contributed by atoms with van der Waals surface area (Å²) in [5, 5.41) is 3.20. The maximum absolute atomic E-state index is 13.6. The minimum absolute atomic E-state index is 0.0157. The first kappa shape index (κ1) is 23.7. The molecule has 33 heavy (non-hydrogen) atoms. The molecule has 5 aliphatic rings. The summed E-state index contributed by atoms with van der Waals surface area (Å²) < 4.78 is 29.0. The summed E-state index contributed by atoms with van der Waals surface area (Å²) in [4.78, 5) is 25.7. The number of nitrogens with two attached hydrogens (primary N) is 1. The van der Waals surface area contributed by atoms with Crippen molar-refractivity contribution in [1.29, 1.82) is 0 Å². The fourth-order valence-electron chi connectivity index (χ4n) is 7.00. The molecule has 5 fully saturated rings. The number of carbonyl (C=O) groups excluding carboxylic acids is 2. The number of rotatable bonds is 6. The van der Waals surface area contributed by atoms with Crippen LogP contribution in [0.3, 0.4) is 0 Å². The van der Waals surface area contributed by atoms with Gasteiger partial charge in [0.1, 0.15) is 10.4 Å². The summed E-state index contributed by atoms with van der Waals surface area (Å²) in [5.74, 6) is 0.0471. The van der Waals surface area contributed by atoms with Crippen molar-refractivity contribution in [1.82, 2.24) is 10.0 Å². The molecule has 5 aliphatic carbocycles. The van der Waals surface area contributed by atoms with E-state index in [-0.39, 0.29) is 31.8 Å². The lowest BCUT2D eigenvalue weighted by Crippen LogP contribution is -2.70. The monoisotopic (exact) mass is 533 g/mol. The summed E-state index contributed by atoms with van der Waals surface area (Å²) in [6.45, 7) is 0. The Morgan fingerprint density at radius 2 is 1.67 bits per heavy atom. The van der Waals surface area contributed by atoms with E-state index in [1.54, 1.807) is 0 Å². The Kier molecular flexibility index (Phi) is 5.54. The number of carbonyl (C=O) groups is 2. The van der Waals surface area contributed by atoms with Crippen molar-refractivity contribution in [2.45, 2.75) is 73.8 Å². The third kappa shape index (κ3) is 3.86. The van der Waals surface area contributed by atoms with Gasteiger partial charge in [0.05, 0.1) is 15.5 Å². The Labute approximate surface area is 208 Å². The van der Waals surface area contributed by atoms with E-state index in [0.29, 0.717) is 37.5 Å². The molecule has 0 saturated heterocycles. The van der Waals surface area contributed by atoms with Gasteiger partial charge in [-0.25, -0.2) is 8.42 Å². The molecule has 0 radical (unpaired) electrons. The largest absolute Gasteiger partial charge is 0.369 e. The average molecular weight is 535 g/mol. The zero-order valence-corrected chi connectivity index (χ0v) is 21.0. The van der Waals surface area contributed by atoms with Crippen LogP contribution >= 0.6 is 34.8 Å². The van der Waals surface area contributed by atoms with Gasteiger partial charge in [0.15, 0.2) is 0 Å². The zero-order valence-electron chi connectivity index (χ0n) is 17.9. The van der Waals surface area contributed by atoms with Gasteiger partial charge in [-0.15, -0.1) is 0 Å². The number of sulfonamides is 1. The van der Waals surface area contributed by atoms with Crippen molar-refractivity contribution in [3.05, 3.63) is 27.2 Å². The second kappa shape index (κ2) is 7.72. The normalized spacial score (nSPS) is 34.0. The van der Waals surface area contributed by atoms with Crippen LogP contribution in [-0.2, 0) is 19.6 Å². The highest BCUT2D eigenvalue weighted by atomic mass is 35.5. The van der Waals surface area contributed by atoms with Crippen LogP contribution in [0.2, 0.25) is 15.1 Å². The lowest BCUT2D eigenvalue weighted by atomic mass is 9.46. The maximum atomic E-state index is 13.6. The van der Waals surface area contributed by atoms with E-state index < -0.39 is 26.5 Å². The highest BCUT2D eigenvalue weighted by Crippen LogP contribution is 2.61. The standard InChI is InChI=1S/C22H26Cl3N3O4S/c23-14-5-15(24)17(25)16(6-14)33(31,32)28-22(2-1-3-22)19(30)27-21-9-12-4-13(10-21)8-20(7-12,11-21)18(26)29/h5-6,12-13,28H,1-4,7-11H2,(H2,26,29)(H,27,30). The van der Waals surface area contributed by atoms with Crippen LogP contribution in [0.1, 0.15) is 57.8 Å². The summed E-state index contributed by atoms with van der Waals surface area (Å²) >= 11 is 18.2. The molecular weight excluding hydrogens is 509 g/mol. The van der Waals surface area contributed by atoms with Gasteiger partial charge in [-0.2, -0.15) is 4.72 Å². The van der Waals surface area contributed by atoms with E-state index in [9.17, 15) is 18.0 Å². The highest BCUT2D eigenvalue weighted by Gasteiger charge is 2.61. The van der Waals surface area contributed by atoms with Crippen molar-refractivity contribution in [3.8, 4) is 0 Å². The Bertz CT molecular complexity index is 1140. The average Bonchev–Trinajstić information content (AvgIpc) is 2.65. The molecule has 4 N–H and O–H groups in total. The first-order valence-corrected chi connectivity index (χ1v) is 13.8. The first-order valence-electron chi connectivity index (χ1n) is 11.2. The topological polar surface area (TPSA) is 118 Å². The number of hydrogen-bond acceptors (Lipinski definition) is 4. The first-order chi connectivity index (χ1) is 15.4. The van der Waals surface area contributed by atoms with E-state index in [2.05, 4.69) is 10.0 Å². The van der Waals surface area contributed by atoms with Crippen molar-refractivity contribution in [2.24, 2.45) is 23.0 Å². The van der Waals surface area contributed by atoms with Gasteiger partial charge < -0.3 is 11.1 Å². The Morgan fingerprint density at radius 1 is 1.03 bits per heavy atom. The summed E-state index contributed by atoms with van der Waals surface area (Å²) in [6.07, 6.45) is 6.17. The Balaban J connectivity index is 1.41. The summed E-state index contributed by atoms with van der Waals surface area (Å²) in [6, 6.07) is 2.58. The van der Waals surface area contributed by atoms with E-state index in [0.717, 1.165) is 32.1 Å². The number of amides is 2. The van der Waals surface area contributed by atoms with E-state index in [1.807, 2.05) is 0 Å². The van der Waals surface area contributed by atoms with E-state index in [4.69, 9.17) is 40.5 Å². The molecule has 11 heteroatoms. The minimum Gasteiger partial charge on any atom is -0.369 e. The molecule has 2 atom stereocenters. The number of primary amides is 1. The van der Waals surface area contributed by atoms with Crippen LogP contribution in [0.15, 0.2) is 17.0 Å². The lowest BCUT2D eigenvalue weighted by molar-refractivity contribution is -0.152. The maximum Gasteiger partial charge on any atom is 0.243 e. The van der Waals surface area contributed by atoms with Crippen molar-refractivity contribution in [3.63, 3.8) is 0 Å². The van der Waals surface area contributed by atoms with Gasteiger partial charge in [-0.05, 0) is 81.8 Å². The SMILES string of the molecule is NC(=O)C12CC3CC(CC(NC(=O)C4(NS(=O)(=O)c5cc(Cl)cc(Cl)c5Cl)CCC4)(C3)C1)C2. The second-order valence-electron chi connectivity index (χ2n) is 10.6. The number of benzene rings is 1. The molecule has 6 rings (SSSR count). The van der Waals surface area contributed by atoms with Gasteiger partial charge in [0.25, 0.3) is 0 Å². The van der Waals surface area contributed by atoms with Crippen LogP contribution in [0.5, 0.6) is 0 Å². The zero-order chi connectivity index (χ0) is 23.8. The molecule has 0 aliphatic heterocycles. The van der Waals surface area contributed by atoms with Crippen LogP contribution in [0.4, 0.5) is 0 Å². The van der Waals surface area contributed by atoms with Crippen molar-refractivity contribution >= 4 is 56.6 Å². The molecule has 2 unspecified atom stereocenters. The van der Waals surface area contributed by atoms with Gasteiger partial charge in [0, 0.05) is 10.6 Å². The fourth-order valence-corrected chi connectivity index (χ4v) is 9.58. The minimum atomic E-state index is -4.18. The Hall–Kier alpha value is -1.06. The van der Waals surface area contributed by atoms with Crippen LogP contribution < -0.4 is 15.8 Å². The highest BCUT2D eigenvalue weighted by molar-refractivity contribution is 7.89. The van der Waals surface area contributed by atoms with Crippen LogP contribution in [0.25, 0.3) is 0 Å². The molecule has 1 aromatic rings. The molecule has 0 spiro atoms. The molecule has 5 saturated carbocycles. The van der Waals surface area contributed by atoms with Gasteiger partial charge >= 0.3 is 0 Å². The van der Waals surface area contributed by atoms with Gasteiger partial charge in [-0.1, -0.05) is 34.8 Å². The van der Waals surface area contributed by atoms with Crippen molar-refractivity contribution in [2.75, 3.05) is 0 Å². The number of hydrogen-bond donors (Lipinski definition) is 3. The quantitative estimate of drug-likeness (QED) is 0.481. The molecular formula is C22H26Cl3N3O4S. The third-order valence-corrected chi connectivity index (χ3v) is 10.9. The number of halogens is 3. The van der Waals surface area contributed by atoms with Gasteiger partial charge in [-0.3, -0.25) is 9.59 Å². The second-order valence-corrected chi connectivity index (χ2v) is 13.5. The lowest BCUT2D eigenvalue weighted by Gasteiger charge is -2.61. The van der Waals surface area contributed by atoms with Crippen LogP contribution in [-0.4, -0.2) is 31.3 Å². The predicted octanol–water partition coefficient (Wildman–Crippen LogP) is 3.79. The number of nitrogens with one attached hydrogen (secondary N) is 2. The molecule has 1 aromatic carbocycles. The molecule has 180 valence electrons. The smallest absolute Gasteiger partial charge is 0.243 e. The molecule has 0 aromatic heterocycles. The van der Waals surface area contributed by atoms with E-state index in [1.165, 1.54) is 12.1 Å². The van der Waals surface area contributed by atoms with Gasteiger partial charge in [0.2, 0.25) is 21.8 Å². The van der Waals surface area contributed by atoms with Crippen molar-refractivity contribution < 1.29 is 18.0 Å². The molecule has 2 amide bonds. The molecule has 7 nitrogen and oxygen atoms in total. The third-order valence-electron chi connectivity index (χ3n) is 8.18.